The van der Waals surface area contributed by atoms with Crippen molar-refractivity contribution in [2.75, 3.05) is 5.32 Å². The van der Waals surface area contributed by atoms with E-state index in [0.717, 1.165) is 29.7 Å². The molecule has 32 heavy (non-hydrogen) atoms. The minimum Gasteiger partial charge on any atom is -0.345 e. The molecule has 0 spiro atoms. The summed E-state index contributed by atoms with van der Waals surface area (Å²) >= 11 is 7.60. The van der Waals surface area contributed by atoms with Crippen molar-refractivity contribution in [2.45, 2.75) is 30.2 Å². The number of halogens is 1. The Kier molecular flexibility index (Phi) is 5.77. The first kappa shape index (κ1) is 20.9. The van der Waals surface area contributed by atoms with Crippen molar-refractivity contribution >= 4 is 46.9 Å². The van der Waals surface area contributed by atoms with Gasteiger partial charge in [-0.15, -0.1) is 0 Å². The number of hydrogen-bond donors (Lipinski definition) is 2. The molecule has 2 aliphatic rings. The minimum absolute atomic E-state index is 0.0117. The molecular formula is C26H21ClN2O2S. The number of carbonyl (C=O) groups is 2. The summed E-state index contributed by atoms with van der Waals surface area (Å²) in [5, 5.41) is 6.68. The molecule has 0 fully saturated rings. The quantitative estimate of drug-likeness (QED) is 0.455. The molecule has 1 aliphatic heterocycles. The number of thioether (sulfide) groups is 1. The second-order valence-electron chi connectivity index (χ2n) is 7.91. The third-order valence-corrected chi connectivity index (χ3v) is 7.24. The van der Waals surface area contributed by atoms with Gasteiger partial charge < -0.3 is 10.6 Å². The van der Waals surface area contributed by atoms with Gasteiger partial charge in [-0.05, 0) is 66.3 Å². The van der Waals surface area contributed by atoms with Crippen LogP contribution in [0.1, 0.15) is 45.9 Å². The van der Waals surface area contributed by atoms with Gasteiger partial charge in [-0.1, -0.05) is 65.8 Å². The smallest absolute Gasteiger partial charge is 0.262 e. The predicted molar refractivity (Wildman–Crippen MR) is 130 cm³/mol. The Bertz CT molecular complexity index is 1250. The number of nitrogens with one attached hydrogen (secondary N) is 2. The van der Waals surface area contributed by atoms with Gasteiger partial charge >= 0.3 is 0 Å². The molecule has 6 heteroatoms. The largest absolute Gasteiger partial charge is 0.345 e. The number of anilines is 1. The fourth-order valence-corrected chi connectivity index (χ4v) is 5.29. The third kappa shape index (κ3) is 4.18. The first-order valence-corrected chi connectivity index (χ1v) is 11.8. The zero-order chi connectivity index (χ0) is 22.1. The zero-order valence-corrected chi connectivity index (χ0v) is 18.8. The standard InChI is InChI=1S/C26H21ClN2O2S/c27-20-10-4-2-7-17(20)15-24-26(31)29-22-14-18(12-13-23(22)32-24)25(30)28-21-11-5-8-16-6-1-3-9-19(16)21/h1-4,6-7,9-10,12-15,21H,5,8,11H2,(H,28,30)(H,29,31)/b24-15+. The molecule has 2 N–H and O–H groups in total. The van der Waals surface area contributed by atoms with Crippen molar-refractivity contribution in [1.29, 1.82) is 0 Å². The highest BCUT2D eigenvalue weighted by Gasteiger charge is 2.25. The SMILES string of the molecule is O=C1Nc2cc(C(=O)NC3CCCc4ccccc43)ccc2S/C1=C/c1ccccc1Cl. The zero-order valence-electron chi connectivity index (χ0n) is 17.2. The normalized spacial score (nSPS) is 18.5. The molecule has 0 bridgehead atoms. The van der Waals surface area contributed by atoms with Crippen LogP contribution in [0.25, 0.3) is 6.08 Å². The Morgan fingerprint density at radius 3 is 2.78 bits per heavy atom. The van der Waals surface area contributed by atoms with E-state index in [2.05, 4.69) is 22.8 Å². The molecule has 0 saturated carbocycles. The second kappa shape index (κ2) is 8.85. The number of hydrogen-bond acceptors (Lipinski definition) is 3. The van der Waals surface area contributed by atoms with Gasteiger partial charge in [-0.2, -0.15) is 0 Å². The Balaban J connectivity index is 1.35. The average molecular weight is 461 g/mol. The van der Waals surface area contributed by atoms with E-state index in [1.165, 1.54) is 22.9 Å². The van der Waals surface area contributed by atoms with Crippen LogP contribution in [0.4, 0.5) is 5.69 Å². The van der Waals surface area contributed by atoms with Gasteiger partial charge in [0.1, 0.15) is 0 Å². The van der Waals surface area contributed by atoms with Crippen LogP contribution in [0, 0.1) is 0 Å². The maximum Gasteiger partial charge on any atom is 0.262 e. The van der Waals surface area contributed by atoms with Crippen LogP contribution in [0.15, 0.2) is 76.5 Å². The van der Waals surface area contributed by atoms with Crippen LogP contribution < -0.4 is 10.6 Å². The van der Waals surface area contributed by atoms with Crippen LogP contribution in [-0.4, -0.2) is 11.8 Å². The Labute approximate surface area is 196 Å². The molecule has 4 nitrogen and oxygen atoms in total. The van der Waals surface area contributed by atoms with Gasteiger partial charge in [0, 0.05) is 15.5 Å². The summed E-state index contributed by atoms with van der Waals surface area (Å²) in [5.74, 6) is -0.340. The Hall–Kier alpha value is -3.02. The molecule has 1 atom stereocenters. The van der Waals surface area contributed by atoms with E-state index in [9.17, 15) is 9.59 Å². The van der Waals surface area contributed by atoms with Crippen LogP contribution in [0.3, 0.4) is 0 Å². The van der Waals surface area contributed by atoms with E-state index >= 15 is 0 Å². The maximum absolute atomic E-state index is 13.0. The summed E-state index contributed by atoms with van der Waals surface area (Å²) in [4.78, 5) is 27.1. The van der Waals surface area contributed by atoms with Crippen molar-refractivity contribution < 1.29 is 9.59 Å². The molecule has 3 aromatic carbocycles. The van der Waals surface area contributed by atoms with Gasteiger partial charge in [0.05, 0.1) is 16.6 Å². The maximum atomic E-state index is 13.0. The van der Waals surface area contributed by atoms with E-state index in [-0.39, 0.29) is 17.9 Å². The molecular weight excluding hydrogens is 440 g/mol. The Morgan fingerprint density at radius 2 is 1.91 bits per heavy atom. The van der Waals surface area contributed by atoms with E-state index in [1.54, 1.807) is 24.3 Å². The van der Waals surface area contributed by atoms with E-state index < -0.39 is 0 Å². The second-order valence-corrected chi connectivity index (χ2v) is 9.41. The first-order chi connectivity index (χ1) is 15.6. The third-order valence-electron chi connectivity index (χ3n) is 5.80. The lowest BCUT2D eigenvalue weighted by atomic mass is 9.87. The minimum atomic E-state index is -0.207. The number of rotatable bonds is 3. The highest BCUT2D eigenvalue weighted by molar-refractivity contribution is 8.04. The van der Waals surface area contributed by atoms with Gasteiger partial charge in [-0.25, -0.2) is 0 Å². The lowest BCUT2D eigenvalue weighted by Crippen LogP contribution is -2.31. The number of aryl methyl sites for hydroxylation is 1. The summed E-state index contributed by atoms with van der Waals surface area (Å²) in [6.45, 7) is 0. The van der Waals surface area contributed by atoms with Crippen molar-refractivity contribution in [3.8, 4) is 0 Å². The highest BCUT2D eigenvalue weighted by atomic mass is 35.5. The van der Waals surface area contributed by atoms with Crippen LogP contribution in [-0.2, 0) is 11.2 Å². The van der Waals surface area contributed by atoms with Gasteiger partial charge in [-0.3, -0.25) is 9.59 Å². The van der Waals surface area contributed by atoms with E-state index in [0.29, 0.717) is 21.2 Å². The van der Waals surface area contributed by atoms with Crippen molar-refractivity contribution in [2.24, 2.45) is 0 Å². The molecule has 0 saturated heterocycles. The van der Waals surface area contributed by atoms with Crippen molar-refractivity contribution in [3.05, 3.63) is 98.9 Å². The molecule has 2 amide bonds. The molecule has 1 aliphatic carbocycles. The number of fused-ring (bicyclic) bond motifs is 2. The topological polar surface area (TPSA) is 58.2 Å². The number of amides is 2. The summed E-state index contributed by atoms with van der Waals surface area (Å²) in [6, 6.07) is 21.1. The fraction of sp³-hybridized carbons (Fsp3) is 0.154. The van der Waals surface area contributed by atoms with Crippen LogP contribution >= 0.6 is 23.4 Å². The van der Waals surface area contributed by atoms with Gasteiger partial charge in [0.2, 0.25) is 0 Å². The fourth-order valence-electron chi connectivity index (χ4n) is 4.18. The Morgan fingerprint density at radius 1 is 1.09 bits per heavy atom. The summed E-state index contributed by atoms with van der Waals surface area (Å²) in [5.41, 5.74) is 4.47. The van der Waals surface area contributed by atoms with E-state index in [4.69, 9.17) is 11.6 Å². The molecule has 160 valence electrons. The van der Waals surface area contributed by atoms with Crippen LogP contribution in [0.5, 0.6) is 0 Å². The van der Waals surface area contributed by atoms with E-state index in [1.807, 2.05) is 36.4 Å². The predicted octanol–water partition coefficient (Wildman–Crippen LogP) is 6.23. The molecule has 0 radical (unpaired) electrons. The molecule has 5 rings (SSSR count). The number of benzene rings is 3. The summed E-state index contributed by atoms with van der Waals surface area (Å²) in [6.07, 6.45) is 4.82. The average Bonchev–Trinajstić information content (AvgIpc) is 2.81. The van der Waals surface area contributed by atoms with Gasteiger partial charge in [0.25, 0.3) is 11.8 Å². The highest BCUT2D eigenvalue weighted by Crippen LogP contribution is 2.40. The summed E-state index contributed by atoms with van der Waals surface area (Å²) in [7, 11) is 0. The molecule has 1 unspecified atom stereocenters. The molecule has 0 aromatic heterocycles. The van der Waals surface area contributed by atoms with Crippen molar-refractivity contribution in [3.63, 3.8) is 0 Å². The monoisotopic (exact) mass is 460 g/mol. The van der Waals surface area contributed by atoms with Crippen molar-refractivity contribution in [1.82, 2.24) is 5.32 Å². The van der Waals surface area contributed by atoms with Gasteiger partial charge in [0.15, 0.2) is 0 Å². The molecule has 1 heterocycles. The first-order valence-electron chi connectivity index (χ1n) is 10.6. The number of carbonyl (C=O) groups excluding carboxylic acids is 2. The van der Waals surface area contributed by atoms with Crippen LogP contribution in [0.2, 0.25) is 5.02 Å². The summed E-state index contributed by atoms with van der Waals surface area (Å²) < 4.78 is 0. The molecule has 3 aromatic rings. The lowest BCUT2D eigenvalue weighted by molar-refractivity contribution is -0.112. The lowest BCUT2D eigenvalue weighted by Gasteiger charge is -2.26.